The van der Waals surface area contributed by atoms with E-state index >= 15 is 0 Å². The van der Waals surface area contributed by atoms with Crippen LogP contribution in [0.1, 0.15) is 47.5 Å². The molecule has 0 aromatic rings. The average molecular weight is 239 g/mol. The van der Waals surface area contributed by atoms with Gasteiger partial charge in [-0.15, -0.1) is 0 Å². The molecule has 0 saturated heterocycles. The molecule has 3 unspecified atom stereocenters. The number of carbonyl (C=O) groups excluding carboxylic acids is 1. The Morgan fingerprint density at radius 2 is 1.82 bits per heavy atom. The Morgan fingerprint density at radius 3 is 2.29 bits per heavy atom. The Labute approximate surface area is 104 Å². The fourth-order valence-corrected chi connectivity index (χ4v) is 2.79. The lowest BCUT2D eigenvalue weighted by Gasteiger charge is -2.28. The minimum absolute atomic E-state index is 0.0748. The van der Waals surface area contributed by atoms with Crippen LogP contribution < -0.4 is 5.32 Å². The lowest BCUT2D eigenvalue weighted by atomic mass is 9.88. The molecule has 0 bridgehead atoms. The lowest BCUT2D eigenvalue weighted by Crippen LogP contribution is -2.42. The zero-order valence-electron chi connectivity index (χ0n) is 11.6. The molecule has 2 rings (SSSR count). The fourth-order valence-electron chi connectivity index (χ4n) is 2.79. The van der Waals surface area contributed by atoms with Crippen LogP contribution in [0.4, 0.5) is 4.79 Å². The third-order valence-corrected chi connectivity index (χ3v) is 4.74. The molecular weight excluding hydrogens is 214 g/mol. The van der Waals surface area contributed by atoms with Crippen molar-refractivity contribution in [2.75, 3.05) is 0 Å². The summed E-state index contributed by atoms with van der Waals surface area (Å²) in [4.78, 5) is 11.7. The maximum atomic E-state index is 11.7. The second kappa shape index (κ2) is 4.18. The molecule has 1 amide bonds. The number of hydrogen-bond donors (Lipinski definition) is 1. The van der Waals surface area contributed by atoms with Crippen molar-refractivity contribution < 1.29 is 9.53 Å². The molecule has 1 N–H and O–H groups in total. The Bertz CT molecular complexity index is 296. The Kier molecular flexibility index (Phi) is 3.13. The van der Waals surface area contributed by atoms with Gasteiger partial charge in [-0.25, -0.2) is 4.79 Å². The number of hydrogen-bond acceptors (Lipinski definition) is 2. The summed E-state index contributed by atoms with van der Waals surface area (Å²) in [6.45, 7) is 10.7. The van der Waals surface area contributed by atoms with E-state index in [0.29, 0.717) is 0 Å². The highest BCUT2D eigenvalue weighted by Gasteiger charge is 2.54. The maximum Gasteiger partial charge on any atom is 0.407 e. The van der Waals surface area contributed by atoms with Crippen LogP contribution in [-0.2, 0) is 4.74 Å². The smallest absolute Gasteiger partial charge is 0.407 e. The molecule has 3 heteroatoms. The van der Waals surface area contributed by atoms with Crippen LogP contribution in [0.15, 0.2) is 0 Å². The van der Waals surface area contributed by atoms with Gasteiger partial charge in [0.1, 0.15) is 6.10 Å². The first kappa shape index (κ1) is 12.7. The molecule has 98 valence electrons. The number of nitrogens with one attached hydrogen (secondary N) is 1. The summed E-state index contributed by atoms with van der Waals surface area (Å²) in [5.41, 5.74) is 0.0748. The number of ether oxygens (including phenoxy) is 1. The summed E-state index contributed by atoms with van der Waals surface area (Å²) >= 11 is 0. The SMILES string of the molecule is CC1C2CC(OC(=O)NC(C)C(C)(C)C)CC12. The van der Waals surface area contributed by atoms with E-state index in [1.54, 1.807) is 0 Å². The monoisotopic (exact) mass is 239 g/mol. The predicted molar refractivity (Wildman–Crippen MR) is 67.7 cm³/mol. The van der Waals surface area contributed by atoms with E-state index in [9.17, 15) is 4.79 Å². The van der Waals surface area contributed by atoms with Crippen molar-refractivity contribution in [1.29, 1.82) is 0 Å². The third kappa shape index (κ3) is 2.75. The van der Waals surface area contributed by atoms with E-state index in [1.807, 2.05) is 6.92 Å². The molecule has 3 atom stereocenters. The summed E-state index contributed by atoms with van der Waals surface area (Å²) in [5.74, 6) is 2.52. The van der Waals surface area contributed by atoms with Crippen molar-refractivity contribution in [2.45, 2.75) is 59.6 Å². The molecule has 0 heterocycles. The molecule has 0 aliphatic heterocycles. The fraction of sp³-hybridized carbons (Fsp3) is 0.929. The van der Waals surface area contributed by atoms with Gasteiger partial charge in [0, 0.05) is 6.04 Å². The molecule has 0 aromatic heterocycles. The molecule has 2 aliphatic carbocycles. The first-order chi connectivity index (χ1) is 7.79. The lowest BCUT2D eigenvalue weighted by molar-refractivity contribution is 0.0843. The van der Waals surface area contributed by atoms with E-state index in [-0.39, 0.29) is 23.7 Å². The van der Waals surface area contributed by atoms with Crippen LogP contribution in [0.2, 0.25) is 0 Å². The van der Waals surface area contributed by atoms with E-state index in [1.165, 1.54) is 0 Å². The number of fused-ring (bicyclic) bond motifs is 1. The van der Waals surface area contributed by atoms with Gasteiger partial charge in [0.25, 0.3) is 0 Å². The molecule has 2 saturated carbocycles. The normalized spacial score (nSPS) is 37.2. The summed E-state index contributed by atoms with van der Waals surface area (Å²) in [6.07, 6.45) is 2.06. The van der Waals surface area contributed by atoms with E-state index in [0.717, 1.165) is 30.6 Å². The van der Waals surface area contributed by atoms with Gasteiger partial charge in [-0.05, 0) is 42.9 Å². The standard InChI is InChI=1S/C14H25NO2/c1-8-11-6-10(7-12(8)11)17-13(16)15-9(2)14(3,4)5/h8-12H,6-7H2,1-5H3,(H,15,16). The Hall–Kier alpha value is -0.730. The quantitative estimate of drug-likeness (QED) is 0.803. The zero-order chi connectivity index (χ0) is 12.8. The van der Waals surface area contributed by atoms with Crippen molar-refractivity contribution in [1.82, 2.24) is 5.32 Å². The second-order valence-electron chi connectivity index (χ2n) is 6.92. The van der Waals surface area contributed by atoms with Gasteiger partial charge in [0.05, 0.1) is 0 Å². The summed E-state index contributed by atoms with van der Waals surface area (Å²) in [6, 6.07) is 0.130. The van der Waals surface area contributed by atoms with Gasteiger partial charge in [-0.3, -0.25) is 0 Å². The largest absolute Gasteiger partial charge is 0.446 e. The molecule has 2 aliphatic rings. The van der Waals surface area contributed by atoms with Crippen molar-refractivity contribution in [3.8, 4) is 0 Å². The van der Waals surface area contributed by atoms with Gasteiger partial charge in [-0.1, -0.05) is 27.7 Å². The van der Waals surface area contributed by atoms with Crippen molar-refractivity contribution in [2.24, 2.45) is 23.2 Å². The number of rotatable bonds is 2. The molecule has 3 nitrogen and oxygen atoms in total. The molecule has 0 spiro atoms. The zero-order valence-corrected chi connectivity index (χ0v) is 11.6. The van der Waals surface area contributed by atoms with Crippen LogP contribution >= 0.6 is 0 Å². The summed E-state index contributed by atoms with van der Waals surface area (Å²) in [5, 5.41) is 2.93. The second-order valence-corrected chi connectivity index (χ2v) is 6.92. The summed E-state index contributed by atoms with van der Waals surface area (Å²) in [7, 11) is 0. The predicted octanol–water partition coefficient (Wildman–Crippen LogP) is 3.19. The number of amides is 1. The highest BCUT2D eigenvalue weighted by Crippen LogP contribution is 2.57. The first-order valence-corrected chi connectivity index (χ1v) is 6.76. The van der Waals surface area contributed by atoms with E-state index in [2.05, 4.69) is 33.0 Å². The van der Waals surface area contributed by atoms with Crippen LogP contribution in [0.3, 0.4) is 0 Å². The van der Waals surface area contributed by atoms with Crippen molar-refractivity contribution >= 4 is 6.09 Å². The van der Waals surface area contributed by atoms with Gasteiger partial charge in [-0.2, -0.15) is 0 Å². The maximum absolute atomic E-state index is 11.7. The highest BCUT2D eigenvalue weighted by molar-refractivity contribution is 5.67. The number of alkyl carbamates (subject to hydrolysis) is 1. The van der Waals surface area contributed by atoms with Crippen LogP contribution in [0, 0.1) is 23.2 Å². The number of carbonyl (C=O) groups is 1. The van der Waals surface area contributed by atoms with Crippen LogP contribution in [-0.4, -0.2) is 18.2 Å². The van der Waals surface area contributed by atoms with E-state index in [4.69, 9.17) is 4.74 Å². The van der Waals surface area contributed by atoms with Crippen molar-refractivity contribution in [3.05, 3.63) is 0 Å². The van der Waals surface area contributed by atoms with Crippen LogP contribution in [0.25, 0.3) is 0 Å². The molecule has 17 heavy (non-hydrogen) atoms. The summed E-state index contributed by atoms with van der Waals surface area (Å²) < 4.78 is 5.48. The van der Waals surface area contributed by atoms with Crippen molar-refractivity contribution in [3.63, 3.8) is 0 Å². The van der Waals surface area contributed by atoms with Gasteiger partial charge in [0.2, 0.25) is 0 Å². The molecular formula is C14H25NO2. The topological polar surface area (TPSA) is 38.3 Å². The minimum atomic E-state index is -0.244. The molecule has 2 fully saturated rings. The third-order valence-electron chi connectivity index (χ3n) is 4.74. The Balaban J connectivity index is 1.72. The van der Waals surface area contributed by atoms with Gasteiger partial charge in [0.15, 0.2) is 0 Å². The first-order valence-electron chi connectivity index (χ1n) is 6.76. The Morgan fingerprint density at radius 1 is 1.29 bits per heavy atom. The average Bonchev–Trinajstić information content (AvgIpc) is 2.60. The minimum Gasteiger partial charge on any atom is -0.446 e. The van der Waals surface area contributed by atoms with Crippen LogP contribution in [0.5, 0.6) is 0 Å². The highest BCUT2D eigenvalue weighted by atomic mass is 16.6. The van der Waals surface area contributed by atoms with Gasteiger partial charge < -0.3 is 10.1 Å². The molecule has 0 radical (unpaired) electrons. The van der Waals surface area contributed by atoms with E-state index < -0.39 is 0 Å². The molecule has 0 aromatic carbocycles. The van der Waals surface area contributed by atoms with Gasteiger partial charge >= 0.3 is 6.09 Å².